The molecule has 0 fully saturated rings. The van der Waals surface area contributed by atoms with E-state index in [9.17, 15) is 19.5 Å². The zero-order chi connectivity index (χ0) is 35.7. The van der Waals surface area contributed by atoms with Crippen molar-refractivity contribution in [1.82, 2.24) is 0 Å². The number of hydrogen-bond acceptors (Lipinski definition) is 5. The monoisotopic (exact) mass is 640 g/mol. The van der Waals surface area contributed by atoms with E-state index in [1.54, 1.807) is 0 Å². The number of ketones is 2. The Morgan fingerprint density at radius 3 is 1.96 bits per heavy atom. The third kappa shape index (κ3) is 16.9. The predicted octanol–water partition coefficient (Wildman–Crippen LogP) is 9.54. The summed E-state index contributed by atoms with van der Waals surface area (Å²) in [5.74, 6) is 6.43. The number of allylic oxidation sites excluding steroid dienone is 16. The molecule has 1 unspecified atom stereocenters. The number of ether oxygens (including phenoxy) is 1. The second kappa shape index (κ2) is 20.3. The third-order valence-corrected chi connectivity index (χ3v) is 7.99. The highest BCUT2D eigenvalue weighted by molar-refractivity contribution is 5.96. The van der Waals surface area contributed by atoms with Gasteiger partial charge in [-0.15, -0.1) is 0 Å². The molecule has 0 spiro atoms. The molecule has 0 radical (unpaired) electrons. The highest BCUT2D eigenvalue weighted by Crippen LogP contribution is 2.41. The first-order valence-electron chi connectivity index (χ1n) is 16.4. The van der Waals surface area contributed by atoms with Crippen molar-refractivity contribution in [1.29, 1.82) is 0 Å². The summed E-state index contributed by atoms with van der Waals surface area (Å²) in [6, 6.07) is 0. The summed E-state index contributed by atoms with van der Waals surface area (Å²) in [5.41, 5.74) is 7.84. The molecule has 1 N–H and O–H groups in total. The van der Waals surface area contributed by atoms with Crippen LogP contribution >= 0.6 is 0 Å². The Labute approximate surface area is 284 Å². The lowest BCUT2D eigenvalue weighted by Crippen LogP contribution is -2.31. The van der Waals surface area contributed by atoms with Crippen LogP contribution in [0.3, 0.4) is 0 Å². The SMILES string of the molecule is CC(=O)CC(O)C/C(C)=C(\C)CC(=O)/C(C)=C/C=C/C(C)=C/C=C/C=C(C)/C=C/C=C(\C)C#CC1=C(C)C[C@@H](OC(C)=O)CC1(C)C. The van der Waals surface area contributed by atoms with Gasteiger partial charge in [-0.3, -0.25) is 14.4 Å². The van der Waals surface area contributed by atoms with Crippen LogP contribution in [0.15, 0.2) is 105 Å². The Morgan fingerprint density at radius 2 is 1.43 bits per heavy atom. The smallest absolute Gasteiger partial charge is 0.302 e. The number of carbonyl (C=O) groups excluding carboxylic acids is 3. The van der Waals surface area contributed by atoms with Gasteiger partial charge in [0.15, 0.2) is 5.78 Å². The third-order valence-electron chi connectivity index (χ3n) is 7.99. The number of aliphatic hydroxyl groups excluding tert-OH is 1. The summed E-state index contributed by atoms with van der Waals surface area (Å²) in [5, 5.41) is 10.0. The number of hydrogen-bond donors (Lipinski definition) is 1. The largest absolute Gasteiger partial charge is 0.462 e. The number of aliphatic hydroxyl groups is 1. The van der Waals surface area contributed by atoms with E-state index in [0.717, 1.165) is 46.3 Å². The molecule has 0 amide bonds. The van der Waals surface area contributed by atoms with Gasteiger partial charge in [0.1, 0.15) is 11.9 Å². The van der Waals surface area contributed by atoms with E-state index in [-0.39, 0.29) is 35.5 Å². The van der Waals surface area contributed by atoms with Crippen molar-refractivity contribution in [3.63, 3.8) is 0 Å². The Bertz CT molecular complexity index is 1500. The van der Waals surface area contributed by atoms with E-state index in [1.165, 1.54) is 19.4 Å². The molecule has 5 heteroatoms. The molecule has 5 nitrogen and oxygen atoms in total. The normalized spacial score (nSPS) is 19.2. The van der Waals surface area contributed by atoms with Gasteiger partial charge in [-0.05, 0) is 79.4 Å². The molecule has 0 saturated heterocycles. The molecule has 1 rings (SSSR count). The van der Waals surface area contributed by atoms with Gasteiger partial charge in [0, 0.05) is 37.2 Å². The molecule has 47 heavy (non-hydrogen) atoms. The lowest BCUT2D eigenvalue weighted by Gasteiger charge is -2.36. The molecule has 0 heterocycles. The first-order valence-corrected chi connectivity index (χ1v) is 16.4. The van der Waals surface area contributed by atoms with Crippen molar-refractivity contribution in [2.75, 3.05) is 0 Å². The average molecular weight is 641 g/mol. The Balaban J connectivity index is 2.72. The quantitative estimate of drug-likeness (QED) is 0.0672. The van der Waals surface area contributed by atoms with Crippen molar-refractivity contribution < 1.29 is 24.2 Å². The summed E-state index contributed by atoms with van der Waals surface area (Å²) >= 11 is 0. The molecule has 0 aromatic heterocycles. The summed E-state index contributed by atoms with van der Waals surface area (Å²) < 4.78 is 5.47. The maximum absolute atomic E-state index is 12.6. The minimum absolute atomic E-state index is 0.0381. The summed E-state index contributed by atoms with van der Waals surface area (Å²) in [6.07, 6.45) is 21.3. The number of esters is 1. The van der Waals surface area contributed by atoms with Crippen molar-refractivity contribution in [2.45, 2.75) is 120 Å². The standard InChI is InChI=1S/C42H56O5/c1-29(18-14-19-31(3)22-23-40-35(7)25-39(47-37(9)44)28-42(40,10)11)16-12-13-17-30(2)20-15-21-32(4)41(46)26-34(6)33(5)24-38(45)27-36(8)43/h12-21,38-39,45H,24-28H2,1-11H3/b13-12+,18-14+,20-15+,29-16+,30-17+,31-19+,32-21+,34-33+/t38?,39-/m1/s1. The van der Waals surface area contributed by atoms with Crippen molar-refractivity contribution >= 4 is 17.5 Å². The van der Waals surface area contributed by atoms with Crippen LogP contribution in [0.1, 0.15) is 108 Å². The number of Topliss-reactive ketones (excluding diaryl/α,β-unsaturated/α-hetero) is 2. The maximum Gasteiger partial charge on any atom is 0.302 e. The van der Waals surface area contributed by atoms with Crippen molar-refractivity contribution in [3.05, 3.63) is 105 Å². The molecule has 0 bridgehead atoms. The number of carbonyl (C=O) groups is 3. The van der Waals surface area contributed by atoms with Crippen LogP contribution in [0.5, 0.6) is 0 Å². The molecule has 0 aromatic rings. The van der Waals surface area contributed by atoms with E-state index < -0.39 is 6.10 Å². The van der Waals surface area contributed by atoms with Gasteiger partial charge in [0.2, 0.25) is 0 Å². The highest BCUT2D eigenvalue weighted by Gasteiger charge is 2.34. The van der Waals surface area contributed by atoms with Crippen LogP contribution in [0.4, 0.5) is 0 Å². The zero-order valence-electron chi connectivity index (χ0n) is 30.5. The van der Waals surface area contributed by atoms with Gasteiger partial charge in [0.25, 0.3) is 0 Å². The minimum atomic E-state index is -0.705. The summed E-state index contributed by atoms with van der Waals surface area (Å²) in [4.78, 5) is 35.2. The van der Waals surface area contributed by atoms with Crippen LogP contribution in [0.2, 0.25) is 0 Å². The van der Waals surface area contributed by atoms with Gasteiger partial charge in [0.05, 0.1) is 6.10 Å². The molecule has 254 valence electrons. The molecule has 1 aliphatic carbocycles. The fourth-order valence-electron chi connectivity index (χ4n) is 5.33. The summed E-state index contributed by atoms with van der Waals surface area (Å²) in [7, 11) is 0. The highest BCUT2D eigenvalue weighted by atomic mass is 16.5. The molecule has 2 atom stereocenters. The van der Waals surface area contributed by atoms with Crippen molar-refractivity contribution in [3.8, 4) is 11.8 Å². The van der Waals surface area contributed by atoms with Crippen molar-refractivity contribution in [2.24, 2.45) is 5.41 Å². The Hall–Kier alpha value is -4.01. The van der Waals surface area contributed by atoms with Gasteiger partial charge < -0.3 is 9.84 Å². The van der Waals surface area contributed by atoms with Gasteiger partial charge in [-0.2, -0.15) is 0 Å². The van der Waals surface area contributed by atoms with Crippen LogP contribution in [-0.2, 0) is 19.1 Å². The molecule has 0 aliphatic heterocycles. The van der Waals surface area contributed by atoms with E-state index in [4.69, 9.17) is 4.74 Å². The van der Waals surface area contributed by atoms with E-state index in [2.05, 4.69) is 32.6 Å². The fourth-order valence-corrected chi connectivity index (χ4v) is 5.33. The average Bonchev–Trinajstić information content (AvgIpc) is 2.93. The first kappa shape index (κ1) is 41.0. The van der Waals surface area contributed by atoms with Gasteiger partial charge in [-0.25, -0.2) is 0 Å². The van der Waals surface area contributed by atoms with E-state index in [1.807, 2.05) is 102 Å². The summed E-state index contributed by atoms with van der Waals surface area (Å²) in [6.45, 7) is 21.0. The van der Waals surface area contributed by atoms with Crippen LogP contribution in [-0.4, -0.2) is 34.9 Å². The topological polar surface area (TPSA) is 80.7 Å². The fraction of sp³-hybridized carbons (Fsp3) is 0.452. The molecule has 1 aliphatic rings. The van der Waals surface area contributed by atoms with Gasteiger partial charge >= 0.3 is 5.97 Å². The van der Waals surface area contributed by atoms with Gasteiger partial charge in [-0.1, -0.05) is 114 Å². The first-order chi connectivity index (χ1) is 21.9. The molecule has 0 saturated carbocycles. The Kier molecular flexibility index (Phi) is 17.7. The number of rotatable bonds is 14. The molecule has 0 aromatic carbocycles. The minimum Gasteiger partial charge on any atom is -0.462 e. The van der Waals surface area contributed by atoms with E-state index in [0.29, 0.717) is 18.4 Å². The second-order valence-electron chi connectivity index (χ2n) is 13.5. The van der Waals surface area contributed by atoms with Crippen LogP contribution < -0.4 is 0 Å². The van der Waals surface area contributed by atoms with E-state index >= 15 is 0 Å². The second-order valence-corrected chi connectivity index (χ2v) is 13.5. The lowest BCUT2D eigenvalue weighted by molar-refractivity contribution is -0.147. The van der Waals surface area contributed by atoms with Crippen LogP contribution in [0.25, 0.3) is 0 Å². The Morgan fingerprint density at radius 1 is 0.851 bits per heavy atom. The predicted molar refractivity (Wildman–Crippen MR) is 195 cm³/mol. The van der Waals surface area contributed by atoms with Crippen LogP contribution in [0, 0.1) is 17.3 Å². The zero-order valence-corrected chi connectivity index (χ0v) is 30.5. The maximum atomic E-state index is 12.6. The lowest BCUT2D eigenvalue weighted by atomic mass is 9.72. The molecular formula is C42H56O5. The molecular weight excluding hydrogens is 584 g/mol.